The topological polar surface area (TPSA) is 157 Å². The fourth-order valence-electron chi connectivity index (χ4n) is 4.66. The summed E-state index contributed by atoms with van der Waals surface area (Å²) in [5.74, 6) is -2.03. The first-order chi connectivity index (χ1) is 19.9. The zero-order valence-electron chi connectivity index (χ0n) is 23.5. The van der Waals surface area contributed by atoms with Crippen LogP contribution in [0.25, 0.3) is 0 Å². The fourth-order valence-corrected chi connectivity index (χ4v) is 5.92. The number of nitrogens with two attached hydrogens (primary N) is 1. The number of hydrogen-bond donors (Lipinski definition) is 4. The van der Waals surface area contributed by atoms with Gasteiger partial charge in [0.15, 0.2) is 9.84 Å². The van der Waals surface area contributed by atoms with E-state index < -0.39 is 44.9 Å². The first-order valence-electron chi connectivity index (χ1n) is 13.5. The number of halogens is 1. The molecule has 4 bridgehead atoms. The van der Waals surface area contributed by atoms with E-state index in [0.29, 0.717) is 18.4 Å². The van der Waals surface area contributed by atoms with Crippen LogP contribution in [0.15, 0.2) is 59.5 Å². The second-order valence-corrected chi connectivity index (χ2v) is 12.6. The fraction of sp³-hybridized carbons (Fsp3) is 0.300. The molecule has 0 fully saturated rings. The van der Waals surface area contributed by atoms with Crippen molar-refractivity contribution in [2.24, 2.45) is 5.73 Å². The van der Waals surface area contributed by atoms with Crippen molar-refractivity contribution < 1.29 is 31.9 Å². The van der Waals surface area contributed by atoms with Crippen molar-refractivity contribution >= 4 is 39.1 Å². The van der Waals surface area contributed by atoms with Crippen LogP contribution in [0.2, 0.25) is 0 Å². The molecule has 12 heteroatoms. The summed E-state index contributed by atoms with van der Waals surface area (Å²) in [6.45, 7) is 4.90. The number of rotatable bonds is 6. The van der Waals surface area contributed by atoms with Crippen LogP contribution in [0.4, 0.5) is 20.6 Å². The number of aryl methyl sites for hydroxylation is 1. The van der Waals surface area contributed by atoms with Crippen molar-refractivity contribution in [3.63, 3.8) is 0 Å². The van der Waals surface area contributed by atoms with Gasteiger partial charge < -0.3 is 21.1 Å². The number of carbonyl (C=O) groups is 3. The number of amides is 3. The zero-order valence-corrected chi connectivity index (χ0v) is 24.3. The second kappa shape index (κ2) is 12.6. The van der Waals surface area contributed by atoms with Crippen molar-refractivity contribution in [3.8, 4) is 0 Å². The number of carbonyl (C=O) groups excluding carboxylic acids is 3. The van der Waals surface area contributed by atoms with E-state index in [0.717, 1.165) is 17.2 Å². The molecule has 0 aliphatic carbocycles. The maximum absolute atomic E-state index is 14.9. The normalized spacial score (nSPS) is 16.0. The Morgan fingerprint density at radius 2 is 1.86 bits per heavy atom. The lowest BCUT2D eigenvalue weighted by molar-refractivity contribution is -0.122. The minimum absolute atomic E-state index is 0.000156. The van der Waals surface area contributed by atoms with Crippen molar-refractivity contribution in [1.29, 1.82) is 0 Å². The molecule has 0 saturated carbocycles. The van der Waals surface area contributed by atoms with Crippen LogP contribution >= 0.6 is 0 Å². The van der Waals surface area contributed by atoms with Crippen molar-refractivity contribution in [2.75, 3.05) is 17.2 Å². The Kier molecular flexibility index (Phi) is 9.15. The van der Waals surface area contributed by atoms with Crippen LogP contribution in [0.5, 0.6) is 0 Å². The lowest BCUT2D eigenvalue weighted by atomic mass is 9.95. The molecule has 0 saturated heterocycles. The molecule has 2 heterocycles. The van der Waals surface area contributed by atoms with Crippen LogP contribution in [0.1, 0.15) is 59.4 Å². The van der Waals surface area contributed by atoms with Gasteiger partial charge in [-0.2, -0.15) is 0 Å². The molecular weight excluding hydrogens is 563 g/mol. The second-order valence-electron chi connectivity index (χ2n) is 10.2. The van der Waals surface area contributed by atoms with E-state index >= 15 is 0 Å². The number of primary amides is 1. The number of sulfone groups is 1. The number of anilines is 2. The van der Waals surface area contributed by atoms with Gasteiger partial charge in [0.1, 0.15) is 11.9 Å². The number of fused-ring (bicyclic) bond motifs is 9. The van der Waals surface area contributed by atoms with Crippen molar-refractivity contribution in [3.05, 3.63) is 88.2 Å². The minimum Gasteiger partial charge on any atom is -0.449 e. The smallest absolute Gasteiger partial charge is 0.411 e. The van der Waals surface area contributed by atoms with Gasteiger partial charge >= 0.3 is 6.09 Å². The Hall–Kier alpha value is -4.45. The van der Waals surface area contributed by atoms with Crippen LogP contribution < -0.4 is 21.7 Å². The third kappa shape index (κ3) is 6.71. The summed E-state index contributed by atoms with van der Waals surface area (Å²) >= 11 is 0. The first kappa shape index (κ1) is 30.5. The monoisotopic (exact) mass is 596 g/mol. The molecule has 0 spiro atoms. The summed E-state index contributed by atoms with van der Waals surface area (Å²) in [7, 11) is -3.76. The molecule has 5 N–H and O–H groups in total. The van der Waals surface area contributed by atoms with E-state index in [2.05, 4.69) is 16.0 Å². The summed E-state index contributed by atoms with van der Waals surface area (Å²) in [6.07, 6.45) is 0.319. The molecular formula is C30H33FN4O6S. The van der Waals surface area contributed by atoms with E-state index in [9.17, 15) is 27.2 Å². The molecule has 10 nitrogen and oxygen atoms in total. The Bertz CT molecular complexity index is 1640. The highest BCUT2D eigenvalue weighted by atomic mass is 32.2. The zero-order chi connectivity index (χ0) is 30.6. The highest BCUT2D eigenvalue weighted by molar-refractivity contribution is 7.92. The van der Waals surface area contributed by atoms with Gasteiger partial charge in [-0.15, -0.1) is 0 Å². The van der Waals surface area contributed by atoms with E-state index in [1.807, 2.05) is 19.1 Å². The van der Waals surface area contributed by atoms with Gasteiger partial charge in [-0.3, -0.25) is 14.9 Å². The van der Waals surface area contributed by atoms with E-state index in [-0.39, 0.29) is 40.5 Å². The molecule has 1 atom stereocenters. The molecule has 0 aromatic heterocycles. The molecule has 3 aromatic carbocycles. The average Bonchev–Trinajstić information content (AvgIpc) is 2.95. The van der Waals surface area contributed by atoms with Crippen LogP contribution in [-0.4, -0.2) is 38.2 Å². The van der Waals surface area contributed by atoms with Crippen LogP contribution in [-0.2, 0) is 38.8 Å². The van der Waals surface area contributed by atoms with Gasteiger partial charge in [0.25, 0.3) is 0 Å². The Balaban J connectivity index is 1.80. The lowest BCUT2D eigenvalue weighted by Gasteiger charge is -2.23. The third-order valence-corrected chi connectivity index (χ3v) is 9.30. The summed E-state index contributed by atoms with van der Waals surface area (Å²) in [4.78, 5) is 37.9. The molecule has 0 radical (unpaired) electrons. The van der Waals surface area contributed by atoms with Crippen molar-refractivity contribution in [1.82, 2.24) is 5.32 Å². The Morgan fingerprint density at radius 1 is 1.10 bits per heavy atom. The molecule has 42 heavy (non-hydrogen) atoms. The molecule has 2 aliphatic heterocycles. The van der Waals surface area contributed by atoms with Gasteiger partial charge in [0.05, 0.1) is 22.4 Å². The minimum atomic E-state index is -3.76. The van der Waals surface area contributed by atoms with E-state index in [1.54, 1.807) is 19.9 Å². The molecule has 222 valence electrons. The summed E-state index contributed by atoms with van der Waals surface area (Å²) in [5.41, 5.74) is 8.17. The van der Waals surface area contributed by atoms with Gasteiger partial charge in [0, 0.05) is 24.2 Å². The number of hydrogen-bond acceptors (Lipinski definition) is 7. The summed E-state index contributed by atoms with van der Waals surface area (Å²) in [6, 6.07) is 12.1. The maximum Gasteiger partial charge on any atom is 0.411 e. The Labute approximate surface area is 243 Å². The van der Waals surface area contributed by atoms with Crippen LogP contribution in [0, 0.1) is 5.82 Å². The standard InChI is InChI=1S/C30H33FN4O6S/c1-4-18-13-20-6-5-19(18)11-12-41-30(38)34-23-8-10-26(42(39,40)17(2)3)22(14-23)16-33-29(37)27(20)35-25-15-21(28(32)36)7-9-24(25)31/h5-10,13-15,17,27,35H,4,11-12,16H2,1-3H3,(H2,32,36)(H,33,37)(H,34,38). The largest absolute Gasteiger partial charge is 0.449 e. The summed E-state index contributed by atoms with van der Waals surface area (Å²) in [5, 5.41) is 7.53. The van der Waals surface area contributed by atoms with Gasteiger partial charge in [-0.25, -0.2) is 17.6 Å². The predicted molar refractivity (Wildman–Crippen MR) is 156 cm³/mol. The highest BCUT2D eigenvalue weighted by Crippen LogP contribution is 2.28. The quantitative estimate of drug-likeness (QED) is 0.332. The van der Waals surface area contributed by atoms with Crippen LogP contribution in [0.3, 0.4) is 0 Å². The van der Waals surface area contributed by atoms with Gasteiger partial charge in [-0.05, 0) is 78.9 Å². The SMILES string of the molecule is CCc1cc2ccc1CCOC(=O)Nc1ccc(S(=O)(=O)C(C)C)c(c1)CNC(=O)C2Nc1cc(C(N)=O)ccc1F. The lowest BCUT2D eigenvalue weighted by Crippen LogP contribution is -2.34. The van der Waals surface area contributed by atoms with Gasteiger partial charge in [-0.1, -0.05) is 25.1 Å². The predicted octanol–water partition coefficient (Wildman–Crippen LogP) is 4.24. The molecule has 1 unspecified atom stereocenters. The van der Waals surface area contributed by atoms with E-state index in [4.69, 9.17) is 10.5 Å². The summed E-state index contributed by atoms with van der Waals surface area (Å²) < 4.78 is 46.4. The Morgan fingerprint density at radius 3 is 2.55 bits per heavy atom. The first-order valence-corrected chi connectivity index (χ1v) is 15.0. The molecule has 5 rings (SSSR count). The molecule has 3 aromatic rings. The van der Waals surface area contributed by atoms with Crippen molar-refractivity contribution in [2.45, 2.75) is 56.3 Å². The van der Waals surface area contributed by atoms with E-state index in [1.165, 1.54) is 30.3 Å². The number of nitrogens with one attached hydrogen (secondary N) is 3. The number of ether oxygens (including phenoxy) is 1. The number of benzene rings is 3. The highest BCUT2D eigenvalue weighted by Gasteiger charge is 2.27. The molecule has 2 aliphatic rings. The van der Waals surface area contributed by atoms with Gasteiger partial charge in [0.2, 0.25) is 11.8 Å². The maximum atomic E-state index is 14.9. The third-order valence-electron chi connectivity index (χ3n) is 7.05. The average molecular weight is 597 g/mol. The molecule has 3 amide bonds.